The van der Waals surface area contributed by atoms with Gasteiger partial charge in [-0.2, -0.15) is 0 Å². The van der Waals surface area contributed by atoms with Gasteiger partial charge in [0, 0.05) is 17.6 Å². The summed E-state index contributed by atoms with van der Waals surface area (Å²) in [6, 6.07) is 16.9. The number of para-hydroxylation sites is 1. The third-order valence-corrected chi connectivity index (χ3v) is 4.24. The Hall–Kier alpha value is -3.19. The molecule has 0 atom stereocenters. The Morgan fingerprint density at radius 2 is 1.85 bits per heavy atom. The van der Waals surface area contributed by atoms with Gasteiger partial charge in [0.25, 0.3) is 5.91 Å². The van der Waals surface area contributed by atoms with Crippen molar-refractivity contribution in [2.24, 2.45) is 0 Å². The number of aromatic nitrogens is 1. The molecule has 6 nitrogen and oxygen atoms in total. The van der Waals surface area contributed by atoms with Crippen molar-refractivity contribution >= 4 is 34.1 Å². The van der Waals surface area contributed by atoms with Gasteiger partial charge in [-0.3, -0.25) is 20.6 Å². The molecule has 27 heavy (non-hydrogen) atoms. The molecule has 138 valence electrons. The molecule has 1 heterocycles. The lowest BCUT2D eigenvalue weighted by molar-refractivity contribution is 0.0945. The zero-order chi connectivity index (χ0) is 19.2. The minimum atomic E-state index is -0.273. The summed E-state index contributed by atoms with van der Waals surface area (Å²) in [6.45, 7) is 2.39. The van der Waals surface area contributed by atoms with Gasteiger partial charge >= 0.3 is 0 Å². The molecular weight excluding hydrogens is 360 g/mol. The number of thiocarbonyl (C=S) groups is 1. The standard InChI is InChI=1S/C20H20N4O2S/c1-13-11-17(16-5-3-4-6-18(16)22-13)19(25)23-24-20(27)21-12-14-7-9-15(26-2)10-8-14/h3-11H,12H2,1-2H3,(H,23,25)(H2,21,24,27). The summed E-state index contributed by atoms with van der Waals surface area (Å²) in [5.41, 5.74) is 8.51. The first kappa shape index (κ1) is 18.6. The van der Waals surface area contributed by atoms with Crippen LogP contribution >= 0.6 is 12.2 Å². The van der Waals surface area contributed by atoms with Crippen molar-refractivity contribution in [1.29, 1.82) is 0 Å². The van der Waals surface area contributed by atoms with Crippen molar-refractivity contribution in [2.45, 2.75) is 13.5 Å². The van der Waals surface area contributed by atoms with Crippen molar-refractivity contribution in [3.05, 3.63) is 71.4 Å². The molecule has 0 saturated heterocycles. The average molecular weight is 380 g/mol. The number of nitrogens with zero attached hydrogens (tertiary/aromatic N) is 1. The van der Waals surface area contributed by atoms with Crippen molar-refractivity contribution in [1.82, 2.24) is 21.2 Å². The van der Waals surface area contributed by atoms with Gasteiger partial charge in [-0.25, -0.2) is 0 Å². The van der Waals surface area contributed by atoms with E-state index < -0.39 is 0 Å². The Balaban J connectivity index is 1.58. The summed E-state index contributed by atoms with van der Waals surface area (Å²) in [5.74, 6) is 0.525. The fourth-order valence-corrected chi connectivity index (χ4v) is 2.77. The van der Waals surface area contributed by atoms with Gasteiger partial charge in [0.2, 0.25) is 0 Å². The van der Waals surface area contributed by atoms with Crippen LogP contribution in [0.4, 0.5) is 0 Å². The molecule has 3 aromatic rings. The summed E-state index contributed by atoms with van der Waals surface area (Å²) in [5, 5.41) is 4.16. The second-order valence-electron chi connectivity index (χ2n) is 5.94. The SMILES string of the molecule is COc1ccc(CNC(=S)NNC(=O)c2cc(C)nc3ccccc23)cc1. The molecule has 0 fully saturated rings. The van der Waals surface area contributed by atoms with Crippen LogP contribution in [0.5, 0.6) is 5.75 Å². The zero-order valence-electron chi connectivity index (χ0n) is 15.1. The number of nitrogens with one attached hydrogen (secondary N) is 3. The van der Waals surface area contributed by atoms with E-state index in [-0.39, 0.29) is 5.91 Å². The molecule has 3 N–H and O–H groups in total. The number of ether oxygens (including phenoxy) is 1. The van der Waals surface area contributed by atoms with Crippen LogP contribution in [0, 0.1) is 6.92 Å². The van der Waals surface area contributed by atoms with Crippen LogP contribution < -0.4 is 20.9 Å². The lowest BCUT2D eigenvalue weighted by Crippen LogP contribution is -2.46. The van der Waals surface area contributed by atoms with Crippen molar-refractivity contribution in [2.75, 3.05) is 7.11 Å². The van der Waals surface area contributed by atoms with Crippen LogP contribution in [-0.2, 0) is 6.54 Å². The maximum Gasteiger partial charge on any atom is 0.270 e. The van der Waals surface area contributed by atoms with E-state index in [1.54, 1.807) is 13.2 Å². The number of pyridine rings is 1. The molecule has 3 rings (SSSR count). The number of carbonyl (C=O) groups excluding carboxylic acids is 1. The Bertz CT molecular complexity index is 973. The third-order valence-electron chi connectivity index (χ3n) is 3.99. The number of benzene rings is 2. The summed E-state index contributed by atoms with van der Waals surface area (Å²) in [6.07, 6.45) is 0. The fraction of sp³-hybridized carbons (Fsp3) is 0.150. The number of hydrazine groups is 1. The molecule has 1 aromatic heterocycles. The van der Waals surface area contributed by atoms with Crippen LogP contribution in [-0.4, -0.2) is 23.1 Å². The van der Waals surface area contributed by atoms with Crippen LogP contribution in [0.2, 0.25) is 0 Å². The highest BCUT2D eigenvalue weighted by Gasteiger charge is 2.12. The van der Waals surface area contributed by atoms with E-state index in [1.165, 1.54) is 0 Å². The Labute approximate surface area is 162 Å². The zero-order valence-corrected chi connectivity index (χ0v) is 15.9. The lowest BCUT2D eigenvalue weighted by Gasteiger charge is -2.13. The van der Waals surface area contributed by atoms with Gasteiger partial charge in [0.15, 0.2) is 5.11 Å². The lowest BCUT2D eigenvalue weighted by atomic mass is 10.1. The number of fused-ring (bicyclic) bond motifs is 1. The van der Waals surface area contributed by atoms with Gasteiger partial charge in [-0.15, -0.1) is 0 Å². The van der Waals surface area contributed by atoms with Crippen LogP contribution in [0.1, 0.15) is 21.6 Å². The topological polar surface area (TPSA) is 75.3 Å². The normalized spacial score (nSPS) is 10.3. The van der Waals surface area contributed by atoms with Gasteiger partial charge in [0.1, 0.15) is 5.75 Å². The smallest absolute Gasteiger partial charge is 0.270 e. The highest BCUT2D eigenvalue weighted by atomic mass is 32.1. The van der Waals surface area contributed by atoms with Gasteiger partial charge in [-0.05, 0) is 49.0 Å². The average Bonchev–Trinajstić information content (AvgIpc) is 2.70. The van der Waals surface area contributed by atoms with Crippen LogP contribution in [0.25, 0.3) is 10.9 Å². The second kappa shape index (κ2) is 8.46. The first-order valence-corrected chi connectivity index (χ1v) is 8.81. The van der Waals surface area contributed by atoms with Crippen LogP contribution in [0.3, 0.4) is 0 Å². The molecule has 1 amide bonds. The van der Waals surface area contributed by atoms with E-state index >= 15 is 0 Å². The second-order valence-corrected chi connectivity index (χ2v) is 6.35. The number of rotatable bonds is 4. The fourth-order valence-electron chi connectivity index (χ4n) is 2.65. The summed E-state index contributed by atoms with van der Waals surface area (Å²) in [7, 11) is 1.63. The van der Waals surface area contributed by atoms with E-state index in [2.05, 4.69) is 21.2 Å². The van der Waals surface area contributed by atoms with Gasteiger partial charge in [0.05, 0.1) is 18.2 Å². The van der Waals surface area contributed by atoms with E-state index in [4.69, 9.17) is 17.0 Å². The molecule has 0 bridgehead atoms. The first-order chi connectivity index (χ1) is 13.1. The van der Waals surface area contributed by atoms with Gasteiger partial charge in [-0.1, -0.05) is 30.3 Å². The maximum absolute atomic E-state index is 12.6. The number of amides is 1. The Kier molecular flexibility index (Phi) is 5.83. The molecule has 0 aliphatic carbocycles. The van der Waals surface area contributed by atoms with E-state index in [9.17, 15) is 4.79 Å². The molecular formula is C20H20N4O2S. The molecule has 7 heteroatoms. The molecule has 0 spiro atoms. The van der Waals surface area contributed by atoms with Gasteiger partial charge < -0.3 is 10.1 Å². The Morgan fingerprint density at radius 3 is 2.59 bits per heavy atom. The van der Waals surface area contributed by atoms with Crippen LogP contribution in [0.15, 0.2) is 54.6 Å². The molecule has 0 aliphatic rings. The first-order valence-electron chi connectivity index (χ1n) is 8.40. The number of methoxy groups -OCH3 is 1. The maximum atomic E-state index is 12.6. The minimum Gasteiger partial charge on any atom is -0.497 e. The number of carbonyl (C=O) groups is 1. The largest absolute Gasteiger partial charge is 0.497 e. The minimum absolute atomic E-state index is 0.273. The molecule has 0 aliphatic heterocycles. The quantitative estimate of drug-likeness (QED) is 0.477. The predicted molar refractivity (Wildman–Crippen MR) is 110 cm³/mol. The molecule has 0 radical (unpaired) electrons. The van der Waals surface area contributed by atoms with Crippen molar-refractivity contribution < 1.29 is 9.53 Å². The van der Waals surface area contributed by atoms with Crippen molar-refractivity contribution in [3.8, 4) is 5.75 Å². The van der Waals surface area contributed by atoms with E-state index in [1.807, 2.05) is 55.5 Å². The summed E-state index contributed by atoms with van der Waals surface area (Å²) in [4.78, 5) is 17.0. The molecule has 0 saturated carbocycles. The highest BCUT2D eigenvalue weighted by molar-refractivity contribution is 7.80. The van der Waals surface area contributed by atoms with E-state index in [0.29, 0.717) is 17.2 Å². The van der Waals surface area contributed by atoms with Crippen molar-refractivity contribution in [3.63, 3.8) is 0 Å². The number of hydrogen-bond acceptors (Lipinski definition) is 4. The number of aryl methyl sites for hydroxylation is 1. The predicted octanol–water partition coefficient (Wildman–Crippen LogP) is 2.86. The summed E-state index contributed by atoms with van der Waals surface area (Å²) < 4.78 is 5.13. The highest BCUT2D eigenvalue weighted by Crippen LogP contribution is 2.17. The monoisotopic (exact) mass is 380 g/mol. The van der Waals surface area contributed by atoms with E-state index in [0.717, 1.165) is 27.9 Å². The summed E-state index contributed by atoms with van der Waals surface area (Å²) >= 11 is 5.22. The number of hydrogen-bond donors (Lipinski definition) is 3. The molecule has 0 unspecified atom stereocenters. The molecule has 2 aromatic carbocycles. The Morgan fingerprint density at radius 1 is 1.11 bits per heavy atom. The third kappa shape index (κ3) is 4.71.